The predicted molar refractivity (Wildman–Crippen MR) is 82.7 cm³/mol. The van der Waals surface area contributed by atoms with E-state index in [4.69, 9.17) is 4.98 Å². The summed E-state index contributed by atoms with van der Waals surface area (Å²) in [6, 6.07) is 6.61. The summed E-state index contributed by atoms with van der Waals surface area (Å²) < 4.78 is 0. The Morgan fingerprint density at radius 1 is 1.45 bits per heavy atom. The van der Waals surface area contributed by atoms with E-state index in [0.717, 1.165) is 23.8 Å². The van der Waals surface area contributed by atoms with Crippen LogP contribution in [-0.4, -0.2) is 41.0 Å². The summed E-state index contributed by atoms with van der Waals surface area (Å²) >= 11 is 1.68. The lowest BCUT2D eigenvalue weighted by molar-refractivity contribution is 0.240. The van der Waals surface area contributed by atoms with Crippen molar-refractivity contribution in [1.29, 1.82) is 0 Å². The van der Waals surface area contributed by atoms with Crippen LogP contribution in [0.5, 0.6) is 0 Å². The topological polar surface area (TPSA) is 41.0 Å². The average Bonchev–Trinajstić information content (AvgIpc) is 3.11. The normalized spacial score (nSPS) is 19.6. The first-order valence-electron chi connectivity index (χ1n) is 7.11. The molecule has 4 nitrogen and oxygen atoms in total. The van der Waals surface area contributed by atoms with Crippen LogP contribution < -0.4 is 5.32 Å². The van der Waals surface area contributed by atoms with Crippen LogP contribution in [0.1, 0.15) is 18.5 Å². The molecule has 1 fully saturated rings. The maximum Gasteiger partial charge on any atom is 0.142 e. The lowest BCUT2D eigenvalue weighted by Gasteiger charge is -2.23. The molecule has 5 heteroatoms. The Bertz CT molecular complexity index is 540. The van der Waals surface area contributed by atoms with E-state index in [1.807, 2.05) is 31.4 Å². The largest absolute Gasteiger partial charge is 0.318 e. The molecule has 1 aliphatic heterocycles. The van der Waals surface area contributed by atoms with Gasteiger partial charge in [0.1, 0.15) is 5.01 Å². The molecule has 1 atom stereocenters. The van der Waals surface area contributed by atoms with E-state index in [0.29, 0.717) is 6.04 Å². The predicted octanol–water partition coefficient (Wildman–Crippen LogP) is 2.39. The highest BCUT2D eigenvalue weighted by atomic mass is 32.1. The number of nitrogens with one attached hydrogen (secondary N) is 1. The Kier molecular flexibility index (Phi) is 4.40. The van der Waals surface area contributed by atoms with Crippen molar-refractivity contribution < 1.29 is 0 Å². The Hall–Kier alpha value is -1.30. The zero-order valence-electron chi connectivity index (χ0n) is 11.7. The molecule has 2 aromatic rings. The molecule has 1 unspecified atom stereocenters. The number of thiazole rings is 1. The van der Waals surface area contributed by atoms with Gasteiger partial charge >= 0.3 is 0 Å². The zero-order chi connectivity index (χ0) is 13.8. The van der Waals surface area contributed by atoms with Crippen molar-refractivity contribution >= 4 is 11.3 Å². The number of aromatic nitrogens is 2. The fourth-order valence-electron chi connectivity index (χ4n) is 2.76. The number of hydrogen-bond donors (Lipinski definition) is 1. The number of rotatable bonds is 5. The van der Waals surface area contributed by atoms with Crippen LogP contribution in [0.3, 0.4) is 0 Å². The molecule has 0 bridgehead atoms. The third kappa shape index (κ3) is 3.06. The molecule has 3 heterocycles. The van der Waals surface area contributed by atoms with Crippen LogP contribution in [0.15, 0.2) is 29.8 Å². The third-order valence-corrected chi connectivity index (χ3v) is 4.65. The molecule has 1 N–H and O–H groups in total. The highest BCUT2D eigenvalue weighted by Gasteiger charge is 2.24. The van der Waals surface area contributed by atoms with Crippen molar-refractivity contribution in [2.75, 3.05) is 20.1 Å². The maximum absolute atomic E-state index is 4.73. The lowest BCUT2D eigenvalue weighted by Crippen LogP contribution is -2.36. The second kappa shape index (κ2) is 6.43. The fourth-order valence-corrected chi connectivity index (χ4v) is 3.55. The molecule has 0 spiro atoms. The number of hydrogen-bond acceptors (Lipinski definition) is 5. The molecule has 20 heavy (non-hydrogen) atoms. The van der Waals surface area contributed by atoms with Crippen LogP contribution >= 0.6 is 11.3 Å². The summed E-state index contributed by atoms with van der Waals surface area (Å²) in [5.74, 6) is 0. The van der Waals surface area contributed by atoms with Crippen molar-refractivity contribution in [2.45, 2.75) is 25.4 Å². The van der Waals surface area contributed by atoms with Gasteiger partial charge in [-0.3, -0.25) is 9.88 Å². The summed E-state index contributed by atoms with van der Waals surface area (Å²) in [6.07, 6.45) is 4.40. The van der Waals surface area contributed by atoms with Crippen molar-refractivity contribution in [3.63, 3.8) is 0 Å². The monoisotopic (exact) mass is 288 g/mol. The highest BCUT2D eigenvalue weighted by Crippen LogP contribution is 2.24. The molecule has 3 rings (SSSR count). The van der Waals surface area contributed by atoms with Gasteiger partial charge in [-0.15, -0.1) is 11.3 Å². The SMILES string of the molecule is CNCC1CCCN1Cc1csc(-c2ccccn2)n1. The zero-order valence-corrected chi connectivity index (χ0v) is 12.6. The molecule has 0 aliphatic carbocycles. The summed E-state index contributed by atoms with van der Waals surface area (Å²) in [4.78, 5) is 11.6. The molecule has 0 saturated carbocycles. The molecular weight excluding hydrogens is 268 g/mol. The molecule has 0 radical (unpaired) electrons. The van der Waals surface area contributed by atoms with E-state index in [1.54, 1.807) is 11.3 Å². The van der Waals surface area contributed by atoms with Gasteiger partial charge in [0, 0.05) is 30.7 Å². The quantitative estimate of drug-likeness (QED) is 0.917. The maximum atomic E-state index is 4.73. The van der Waals surface area contributed by atoms with Gasteiger partial charge in [0.2, 0.25) is 0 Å². The molecular formula is C15H20N4S. The molecule has 1 aliphatic rings. The highest BCUT2D eigenvalue weighted by molar-refractivity contribution is 7.13. The number of nitrogens with zero attached hydrogens (tertiary/aromatic N) is 3. The summed E-state index contributed by atoms with van der Waals surface area (Å²) in [5.41, 5.74) is 2.13. The number of likely N-dealkylation sites (tertiary alicyclic amines) is 1. The van der Waals surface area contributed by atoms with E-state index in [2.05, 4.69) is 20.6 Å². The molecule has 0 amide bonds. The minimum Gasteiger partial charge on any atom is -0.318 e. The lowest BCUT2D eigenvalue weighted by atomic mass is 10.2. The first kappa shape index (κ1) is 13.7. The van der Waals surface area contributed by atoms with Crippen LogP contribution in [-0.2, 0) is 6.54 Å². The fraction of sp³-hybridized carbons (Fsp3) is 0.467. The van der Waals surface area contributed by atoms with Gasteiger partial charge in [0.25, 0.3) is 0 Å². The van der Waals surface area contributed by atoms with E-state index in [-0.39, 0.29) is 0 Å². The molecule has 2 aromatic heterocycles. The minimum absolute atomic E-state index is 0.653. The van der Waals surface area contributed by atoms with Crippen LogP contribution in [0.2, 0.25) is 0 Å². The van der Waals surface area contributed by atoms with Crippen molar-refractivity contribution in [2.24, 2.45) is 0 Å². The Morgan fingerprint density at radius 3 is 3.20 bits per heavy atom. The van der Waals surface area contributed by atoms with Gasteiger partial charge in [-0.05, 0) is 38.6 Å². The van der Waals surface area contributed by atoms with E-state index < -0.39 is 0 Å². The second-order valence-corrected chi connectivity index (χ2v) is 6.04. The Morgan fingerprint density at radius 2 is 2.40 bits per heavy atom. The first-order valence-corrected chi connectivity index (χ1v) is 7.99. The van der Waals surface area contributed by atoms with Gasteiger partial charge in [0.05, 0.1) is 11.4 Å². The van der Waals surface area contributed by atoms with E-state index in [1.165, 1.54) is 25.1 Å². The molecule has 1 saturated heterocycles. The summed E-state index contributed by atoms with van der Waals surface area (Å²) in [5, 5.41) is 6.47. The van der Waals surface area contributed by atoms with Gasteiger partial charge in [-0.1, -0.05) is 6.07 Å². The third-order valence-electron chi connectivity index (χ3n) is 3.74. The van der Waals surface area contributed by atoms with Crippen LogP contribution in [0, 0.1) is 0 Å². The standard InChI is InChI=1S/C15H20N4S/c1-16-9-13-5-4-8-19(13)10-12-11-20-15(18-12)14-6-2-3-7-17-14/h2-3,6-7,11,13,16H,4-5,8-10H2,1H3. The number of pyridine rings is 1. The van der Waals surface area contributed by atoms with Crippen molar-refractivity contribution in [3.05, 3.63) is 35.5 Å². The summed E-state index contributed by atoms with van der Waals surface area (Å²) in [6.45, 7) is 3.20. The Labute approximate surface area is 123 Å². The second-order valence-electron chi connectivity index (χ2n) is 5.18. The van der Waals surface area contributed by atoms with Crippen molar-refractivity contribution in [3.8, 4) is 10.7 Å². The van der Waals surface area contributed by atoms with Gasteiger partial charge in [-0.25, -0.2) is 4.98 Å². The number of likely N-dealkylation sites (N-methyl/N-ethyl adjacent to an activating group) is 1. The average molecular weight is 288 g/mol. The molecule has 0 aromatic carbocycles. The summed E-state index contributed by atoms with van der Waals surface area (Å²) in [7, 11) is 2.03. The first-order chi connectivity index (χ1) is 9.86. The van der Waals surface area contributed by atoms with E-state index in [9.17, 15) is 0 Å². The van der Waals surface area contributed by atoms with Gasteiger partial charge < -0.3 is 5.32 Å². The van der Waals surface area contributed by atoms with Crippen LogP contribution in [0.25, 0.3) is 10.7 Å². The van der Waals surface area contributed by atoms with Crippen LogP contribution in [0.4, 0.5) is 0 Å². The van der Waals surface area contributed by atoms with Gasteiger partial charge in [-0.2, -0.15) is 0 Å². The van der Waals surface area contributed by atoms with Crippen molar-refractivity contribution in [1.82, 2.24) is 20.2 Å². The van der Waals surface area contributed by atoms with Gasteiger partial charge in [0.15, 0.2) is 0 Å². The smallest absolute Gasteiger partial charge is 0.142 e. The van der Waals surface area contributed by atoms with E-state index >= 15 is 0 Å². The molecule has 106 valence electrons. The minimum atomic E-state index is 0.653. The Balaban J connectivity index is 1.68.